The van der Waals surface area contributed by atoms with Crippen molar-refractivity contribution in [3.63, 3.8) is 0 Å². The van der Waals surface area contributed by atoms with E-state index in [1.165, 1.54) is 0 Å². The number of aromatic nitrogens is 3. The molecule has 1 amide bonds. The van der Waals surface area contributed by atoms with E-state index in [0.717, 1.165) is 33.5 Å². The number of nitrogens with one attached hydrogen (secondary N) is 1. The van der Waals surface area contributed by atoms with E-state index in [-0.39, 0.29) is 11.2 Å². The number of carbonyl (C=O) groups excluding carboxylic acids is 1. The highest BCUT2D eigenvalue weighted by atomic mass is 32.1. The van der Waals surface area contributed by atoms with E-state index >= 15 is 0 Å². The van der Waals surface area contributed by atoms with Crippen LogP contribution in [0.15, 0.2) is 73.2 Å². The van der Waals surface area contributed by atoms with Gasteiger partial charge in [0.25, 0.3) is 5.91 Å². The molecule has 0 aliphatic carbocycles. The fraction of sp³-hybridized carbons (Fsp3) is 0.0909. The van der Waals surface area contributed by atoms with E-state index in [4.69, 9.17) is 0 Å². The molecule has 4 rings (SSSR count). The molecule has 2 aromatic carbocycles. The number of pyridine rings is 1. The maximum absolute atomic E-state index is 12.7. The first-order valence-corrected chi connectivity index (χ1v) is 9.34. The number of amides is 1. The number of nitrogens with zero attached hydrogens (tertiary/aromatic N) is 3. The molecule has 6 heteroatoms. The quantitative estimate of drug-likeness (QED) is 0.503. The number of hydrogen-bond donors (Lipinski definition) is 2. The average Bonchev–Trinajstić information content (AvgIpc) is 2.74. The van der Waals surface area contributed by atoms with E-state index in [9.17, 15) is 4.79 Å². The summed E-state index contributed by atoms with van der Waals surface area (Å²) in [7, 11) is 0. The lowest BCUT2D eigenvalue weighted by atomic mass is 10.1. The van der Waals surface area contributed by atoms with Gasteiger partial charge in [-0.25, -0.2) is 0 Å². The van der Waals surface area contributed by atoms with E-state index in [1.807, 2.05) is 55.5 Å². The molecule has 4 aromatic rings. The third-order valence-electron chi connectivity index (χ3n) is 4.41. The number of anilines is 1. The summed E-state index contributed by atoms with van der Waals surface area (Å²) in [5.74, 6) is -0.180. The van der Waals surface area contributed by atoms with Crippen molar-refractivity contribution in [3.05, 3.63) is 95.7 Å². The lowest BCUT2D eigenvalue weighted by Gasteiger charge is -2.12. The van der Waals surface area contributed by atoms with Gasteiger partial charge in [-0.2, -0.15) is 12.6 Å². The SMILES string of the molecule is Cc1ccc2cc(NC(=O)c3cccc(C(S)c4cnccn4)c3)ccc2n1. The third kappa shape index (κ3) is 3.87. The van der Waals surface area contributed by atoms with E-state index < -0.39 is 0 Å². The van der Waals surface area contributed by atoms with Crippen LogP contribution in [0.5, 0.6) is 0 Å². The van der Waals surface area contributed by atoms with Crippen molar-refractivity contribution in [3.8, 4) is 0 Å². The lowest BCUT2D eigenvalue weighted by Crippen LogP contribution is -2.12. The monoisotopic (exact) mass is 386 g/mol. The molecule has 0 aliphatic heterocycles. The molecule has 0 bridgehead atoms. The maximum Gasteiger partial charge on any atom is 0.255 e. The van der Waals surface area contributed by atoms with Crippen molar-refractivity contribution in [2.75, 3.05) is 5.32 Å². The molecule has 0 aliphatic rings. The number of rotatable bonds is 4. The molecule has 138 valence electrons. The smallest absolute Gasteiger partial charge is 0.255 e. The Balaban J connectivity index is 1.56. The van der Waals surface area contributed by atoms with Crippen molar-refractivity contribution in [1.82, 2.24) is 15.0 Å². The van der Waals surface area contributed by atoms with Crippen LogP contribution < -0.4 is 5.32 Å². The third-order valence-corrected chi connectivity index (χ3v) is 4.98. The topological polar surface area (TPSA) is 67.8 Å². The Bertz CT molecular complexity index is 1150. The molecule has 0 fully saturated rings. The number of fused-ring (bicyclic) bond motifs is 1. The van der Waals surface area contributed by atoms with Crippen molar-refractivity contribution in [2.45, 2.75) is 12.2 Å². The number of benzene rings is 2. The Hall–Kier alpha value is -3.25. The van der Waals surface area contributed by atoms with Gasteiger partial charge in [0.1, 0.15) is 0 Å². The molecule has 2 aromatic heterocycles. The van der Waals surface area contributed by atoms with Gasteiger partial charge >= 0.3 is 0 Å². The zero-order valence-corrected chi connectivity index (χ0v) is 16.1. The molecular weight excluding hydrogens is 368 g/mol. The van der Waals surface area contributed by atoms with Crippen molar-refractivity contribution >= 4 is 35.1 Å². The average molecular weight is 386 g/mol. The van der Waals surface area contributed by atoms with Gasteiger partial charge in [-0.1, -0.05) is 18.2 Å². The van der Waals surface area contributed by atoms with Crippen LogP contribution in [0, 0.1) is 6.92 Å². The summed E-state index contributed by atoms with van der Waals surface area (Å²) in [4.78, 5) is 25.6. The number of aryl methyl sites for hydroxylation is 1. The van der Waals surface area contributed by atoms with Crippen molar-refractivity contribution < 1.29 is 4.79 Å². The summed E-state index contributed by atoms with van der Waals surface area (Å²) in [6.07, 6.45) is 4.93. The summed E-state index contributed by atoms with van der Waals surface area (Å²) < 4.78 is 0. The van der Waals surface area contributed by atoms with Gasteiger partial charge in [0, 0.05) is 40.9 Å². The molecule has 1 unspecified atom stereocenters. The van der Waals surface area contributed by atoms with Crippen LogP contribution in [-0.4, -0.2) is 20.9 Å². The Morgan fingerprint density at radius 3 is 2.79 bits per heavy atom. The second-order valence-corrected chi connectivity index (χ2v) is 6.99. The Morgan fingerprint density at radius 2 is 1.96 bits per heavy atom. The van der Waals surface area contributed by atoms with Crippen LogP contribution >= 0.6 is 12.6 Å². The Kier molecular flexibility index (Phi) is 5.04. The van der Waals surface area contributed by atoms with Crippen LogP contribution in [0.3, 0.4) is 0 Å². The minimum Gasteiger partial charge on any atom is -0.322 e. The van der Waals surface area contributed by atoms with E-state index in [2.05, 4.69) is 32.9 Å². The molecule has 0 saturated carbocycles. The summed E-state index contributed by atoms with van der Waals surface area (Å²) in [5.41, 5.74) is 4.77. The zero-order chi connectivity index (χ0) is 19.5. The Morgan fingerprint density at radius 1 is 1.07 bits per heavy atom. The lowest BCUT2D eigenvalue weighted by molar-refractivity contribution is 0.102. The van der Waals surface area contributed by atoms with Gasteiger partial charge in [0.15, 0.2) is 0 Å². The highest BCUT2D eigenvalue weighted by Crippen LogP contribution is 2.27. The first-order chi connectivity index (χ1) is 13.6. The molecule has 0 spiro atoms. The molecule has 5 nitrogen and oxygen atoms in total. The second kappa shape index (κ2) is 7.78. The summed E-state index contributed by atoms with van der Waals surface area (Å²) in [5, 5.41) is 3.68. The summed E-state index contributed by atoms with van der Waals surface area (Å²) in [6.45, 7) is 1.96. The van der Waals surface area contributed by atoms with Crippen molar-refractivity contribution in [2.24, 2.45) is 0 Å². The highest BCUT2D eigenvalue weighted by molar-refractivity contribution is 7.80. The molecular formula is C22H18N4OS. The predicted octanol–water partition coefficient (Wildman–Crippen LogP) is 4.60. The fourth-order valence-corrected chi connectivity index (χ4v) is 3.28. The highest BCUT2D eigenvalue weighted by Gasteiger charge is 2.14. The zero-order valence-electron chi connectivity index (χ0n) is 15.2. The number of thiol groups is 1. The first kappa shape index (κ1) is 18.1. The Labute approximate surface area is 168 Å². The maximum atomic E-state index is 12.7. The molecule has 1 N–H and O–H groups in total. The van der Waals surface area contributed by atoms with E-state index in [0.29, 0.717) is 5.56 Å². The van der Waals surface area contributed by atoms with Gasteiger partial charge in [0.05, 0.1) is 16.5 Å². The summed E-state index contributed by atoms with van der Waals surface area (Å²) in [6, 6.07) is 17.0. The number of hydrogen-bond acceptors (Lipinski definition) is 5. The van der Waals surface area contributed by atoms with Crippen LogP contribution in [0.2, 0.25) is 0 Å². The largest absolute Gasteiger partial charge is 0.322 e. The van der Waals surface area contributed by atoms with Crippen LogP contribution in [0.1, 0.15) is 32.6 Å². The normalized spacial score (nSPS) is 11.9. The second-order valence-electron chi connectivity index (χ2n) is 6.47. The summed E-state index contributed by atoms with van der Waals surface area (Å²) >= 11 is 4.63. The van der Waals surface area contributed by atoms with Gasteiger partial charge < -0.3 is 5.32 Å². The fourth-order valence-electron chi connectivity index (χ4n) is 2.98. The van der Waals surface area contributed by atoms with Crippen molar-refractivity contribution in [1.29, 1.82) is 0 Å². The minimum absolute atomic E-state index is 0.180. The van der Waals surface area contributed by atoms with Crippen LogP contribution in [-0.2, 0) is 0 Å². The minimum atomic E-state index is -0.253. The predicted molar refractivity (Wildman–Crippen MR) is 114 cm³/mol. The van der Waals surface area contributed by atoms with Crippen LogP contribution in [0.4, 0.5) is 5.69 Å². The molecule has 1 atom stereocenters. The molecule has 0 saturated heterocycles. The van der Waals surface area contributed by atoms with Crippen LogP contribution in [0.25, 0.3) is 10.9 Å². The van der Waals surface area contributed by atoms with E-state index in [1.54, 1.807) is 24.7 Å². The standard InChI is InChI=1S/C22H18N4OS/c1-14-5-6-15-12-18(7-8-19(15)25-14)26-22(27)17-4-2-3-16(11-17)21(28)20-13-23-9-10-24-20/h2-13,21,28H,1H3,(H,26,27). The van der Waals surface area contributed by atoms with Gasteiger partial charge in [-0.3, -0.25) is 19.7 Å². The molecule has 28 heavy (non-hydrogen) atoms. The first-order valence-electron chi connectivity index (χ1n) is 8.83. The van der Waals surface area contributed by atoms with Gasteiger partial charge in [0.2, 0.25) is 0 Å². The van der Waals surface area contributed by atoms with Gasteiger partial charge in [-0.15, -0.1) is 0 Å². The molecule has 2 heterocycles. The molecule has 0 radical (unpaired) electrons. The van der Waals surface area contributed by atoms with Gasteiger partial charge in [-0.05, 0) is 48.9 Å². The number of carbonyl (C=O) groups is 1.